The first kappa shape index (κ1) is 17.0. The van der Waals surface area contributed by atoms with Gasteiger partial charge in [-0.2, -0.15) is 4.98 Å². The molecule has 0 radical (unpaired) electrons. The quantitative estimate of drug-likeness (QED) is 0.671. The summed E-state index contributed by atoms with van der Waals surface area (Å²) >= 11 is 1.20. The average molecular weight is 352 g/mol. The van der Waals surface area contributed by atoms with E-state index in [9.17, 15) is 9.59 Å². The number of nitrogens with one attached hydrogen (secondary N) is 1. The Labute approximate surface area is 149 Å². The van der Waals surface area contributed by atoms with Crippen molar-refractivity contribution < 1.29 is 14.0 Å². The van der Waals surface area contributed by atoms with Crippen molar-refractivity contribution in [3.63, 3.8) is 0 Å². The molecule has 3 aromatic rings. The minimum Gasteiger partial charge on any atom is -0.429 e. The van der Waals surface area contributed by atoms with Gasteiger partial charge in [-0.05, 0) is 19.1 Å². The van der Waals surface area contributed by atoms with Crippen molar-refractivity contribution >= 4 is 29.3 Å². The fourth-order valence-corrected chi connectivity index (χ4v) is 2.79. The van der Waals surface area contributed by atoms with Gasteiger partial charge in [-0.3, -0.25) is 9.59 Å². The van der Waals surface area contributed by atoms with E-state index >= 15 is 0 Å². The molecular formula is C19H16N2O3S. The van der Waals surface area contributed by atoms with E-state index in [1.165, 1.54) is 18.7 Å². The van der Waals surface area contributed by atoms with Crippen LogP contribution in [0.15, 0.2) is 70.3 Å². The van der Waals surface area contributed by atoms with Crippen LogP contribution in [0.25, 0.3) is 11.3 Å². The number of ketones is 1. The zero-order valence-corrected chi connectivity index (χ0v) is 14.4. The smallest absolute Gasteiger partial charge is 0.258 e. The van der Waals surface area contributed by atoms with Gasteiger partial charge in [0.25, 0.3) is 11.1 Å². The van der Waals surface area contributed by atoms with Crippen molar-refractivity contribution in [2.24, 2.45) is 0 Å². The van der Waals surface area contributed by atoms with E-state index in [-0.39, 0.29) is 17.4 Å². The van der Waals surface area contributed by atoms with Gasteiger partial charge in [0.1, 0.15) is 5.78 Å². The molecule has 0 bridgehead atoms. The lowest BCUT2D eigenvalue weighted by atomic mass is 10.1. The van der Waals surface area contributed by atoms with E-state index in [1.807, 2.05) is 36.4 Å². The SMILES string of the molecule is CC(=O)CSc1nc(NC(=O)c2ccccc2)c(-c2ccccc2)o1. The molecule has 1 amide bonds. The number of aromatic nitrogens is 1. The van der Waals surface area contributed by atoms with Gasteiger partial charge in [0.05, 0.1) is 5.75 Å². The highest BCUT2D eigenvalue weighted by atomic mass is 32.2. The Morgan fingerprint density at radius 3 is 2.32 bits per heavy atom. The molecule has 0 atom stereocenters. The molecule has 1 aromatic heterocycles. The van der Waals surface area contributed by atoms with Gasteiger partial charge >= 0.3 is 0 Å². The summed E-state index contributed by atoms with van der Waals surface area (Å²) in [6.07, 6.45) is 0. The van der Waals surface area contributed by atoms with Gasteiger partial charge < -0.3 is 9.73 Å². The molecule has 0 aliphatic heterocycles. The van der Waals surface area contributed by atoms with Crippen LogP contribution in [0.4, 0.5) is 5.82 Å². The van der Waals surface area contributed by atoms with E-state index in [0.29, 0.717) is 22.4 Å². The van der Waals surface area contributed by atoms with Gasteiger partial charge in [-0.25, -0.2) is 0 Å². The highest BCUT2D eigenvalue weighted by Gasteiger charge is 2.18. The number of hydrogen-bond acceptors (Lipinski definition) is 5. The first-order valence-corrected chi connectivity index (χ1v) is 8.67. The monoisotopic (exact) mass is 352 g/mol. The highest BCUT2D eigenvalue weighted by molar-refractivity contribution is 7.99. The summed E-state index contributed by atoms with van der Waals surface area (Å²) in [5.74, 6) is 0.830. The molecule has 1 heterocycles. The molecule has 0 saturated carbocycles. The van der Waals surface area contributed by atoms with Crippen molar-refractivity contribution in [2.45, 2.75) is 12.1 Å². The third-order valence-electron chi connectivity index (χ3n) is 3.31. The van der Waals surface area contributed by atoms with Gasteiger partial charge in [-0.15, -0.1) is 0 Å². The van der Waals surface area contributed by atoms with Gasteiger partial charge in [0.15, 0.2) is 11.6 Å². The molecule has 25 heavy (non-hydrogen) atoms. The van der Waals surface area contributed by atoms with Crippen LogP contribution in [0.3, 0.4) is 0 Å². The standard InChI is InChI=1S/C19H16N2O3S/c1-13(22)12-25-19-21-17(16(24-19)14-8-4-2-5-9-14)20-18(23)15-10-6-3-7-11-15/h2-11H,12H2,1H3,(H,20,23). The zero-order chi connectivity index (χ0) is 17.6. The molecular weight excluding hydrogens is 336 g/mol. The molecule has 0 aliphatic carbocycles. The number of anilines is 1. The second-order valence-electron chi connectivity index (χ2n) is 5.33. The van der Waals surface area contributed by atoms with Crippen LogP contribution in [0.2, 0.25) is 0 Å². The summed E-state index contributed by atoms with van der Waals surface area (Å²) in [6, 6.07) is 18.3. The maximum Gasteiger partial charge on any atom is 0.258 e. The largest absolute Gasteiger partial charge is 0.429 e. The summed E-state index contributed by atoms with van der Waals surface area (Å²) in [7, 11) is 0. The Bertz CT molecular complexity index is 876. The molecule has 126 valence electrons. The molecule has 0 saturated heterocycles. The lowest BCUT2D eigenvalue weighted by molar-refractivity contribution is -0.114. The Balaban J connectivity index is 1.90. The fourth-order valence-electron chi connectivity index (χ4n) is 2.16. The van der Waals surface area contributed by atoms with Crippen LogP contribution in [0.1, 0.15) is 17.3 Å². The highest BCUT2D eigenvalue weighted by Crippen LogP contribution is 2.33. The summed E-state index contributed by atoms with van der Waals surface area (Å²) in [5.41, 5.74) is 1.33. The van der Waals surface area contributed by atoms with E-state index in [1.54, 1.807) is 24.3 Å². The number of carbonyl (C=O) groups excluding carboxylic acids is 2. The number of thioether (sulfide) groups is 1. The maximum absolute atomic E-state index is 12.4. The first-order valence-electron chi connectivity index (χ1n) is 7.68. The molecule has 6 heteroatoms. The molecule has 3 rings (SSSR count). The maximum atomic E-state index is 12.4. The fraction of sp³-hybridized carbons (Fsp3) is 0.105. The van der Waals surface area contributed by atoms with Crippen LogP contribution in [-0.4, -0.2) is 22.4 Å². The molecule has 0 unspecified atom stereocenters. The average Bonchev–Trinajstić information content (AvgIpc) is 3.04. The second-order valence-corrected chi connectivity index (χ2v) is 6.26. The molecule has 2 aromatic carbocycles. The number of amides is 1. The topological polar surface area (TPSA) is 72.2 Å². The van der Waals surface area contributed by atoms with Crippen molar-refractivity contribution in [3.05, 3.63) is 66.2 Å². The minimum absolute atomic E-state index is 0.0272. The molecule has 0 spiro atoms. The van der Waals surface area contributed by atoms with Crippen molar-refractivity contribution in [1.82, 2.24) is 4.98 Å². The van der Waals surface area contributed by atoms with E-state index < -0.39 is 0 Å². The zero-order valence-electron chi connectivity index (χ0n) is 13.6. The predicted molar refractivity (Wildman–Crippen MR) is 97.7 cm³/mol. The summed E-state index contributed by atoms with van der Waals surface area (Å²) < 4.78 is 5.77. The van der Waals surface area contributed by atoms with Crippen molar-refractivity contribution in [3.8, 4) is 11.3 Å². The Kier molecular flexibility index (Phi) is 5.30. The van der Waals surface area contributed by atoms with Crippen LogP contribution >= 0.6 is 11.8 Å². The Hall–Kier alpha value is -2.86. The van der Waals surface area contributed by atoms with Crippen molar-refractivity contribution in [1.29, 1.82) is 0 Å². The van der Waals surface area contributed by atoms with Crippen LogP contribution < -0.4 is 5.32 Å². The van der Waals surface area contributed by atoms with Gasteiger partial charge in [0.2, 0.25) is 0 Å². The third kappa shape index (κ3) is 4.36. The van der Waals surface area contributed by atoms with E-state index in [2.05, 4.69) is 10.3 Å². The molecule has 0 fully saturated rings. The number of oxazole rings is 1. The van der Waals surface area contributed by atoms with Gasteiger partial charge in [0, 0.05) is 11.1 Å². The predicted octanol–water partition coefficient (Wildman–Crippen LogP) is 4.28. The summed E-state index contributed by atoms with van der Waals surface area (Å²) in [4.78, 5) is 27.9. The molecule has 5 nitrogen and oxygen atoms in total. The van der Waals surface area contributed by atoms with E-state index in [0.717, 1.165) is 5.56 Å². The van der Waals surface area contributed by atoms with Gasteiger partial charge in [-0.1, -0.05) is 60.3 Å². The van der Waals surface area contributed by atoms with Crippen LogP contribution in [0, 0.1) is 0 Å². The minimum atomic E-state index is -0.269. The van der Waals surface area contributed by atoms with Crippen molar-refractivity contribution in [2.75, 3.05) is 11.1 Å². The Morgan fingerprint density at radius 1 is 1.04 bits per heavy atom. The summed E-state index contributed by atoms with van der Waals surface area (Å²) in [6.45, 7) is 1.51. The molecule has 0 aliphatic rings. The Morgan fingerprint density at radius 2 is 1.68 bits per heavy atom. The number of hydrogen-bond donors (Lipinski definition) is 1. The third-order valence-corrected chi connectivity index (χ3v) is 4.28. The number of carbonyl (C=O) groups is 2. The number of Topliss-reactive ketones (excluding diaryl/α,β-unsaturated/α-hetero) is 1. The second kappa shape index (κ2) is 7.81. The molecule has 1 N–H and O–H groups in total. The first-order chi connectivity index (χ1) is 12.1. The van der Waals surface area contributed by atoms with Crippen LogP contribution in [0.5, 0.6) is 0 Å². The lowest BCUT2D eigenvalue weighted by Crippen LogP contribution is -2.12. The number of nitrogens with zero attached hydrogens (tertiary/aromatic N) is 1. The van der Waals surface area contributed by atoms with Crippen LogP contribution in [-0.2, 0) is 4.79 Å². The summed E-state index contributed by atoms with van der Waals surface area (Å²) in [5, 5.41) is 3.14. The number of rotatable bonds is 6. The normalized spacial score (nSPS) is 10.4. The lowest BCUT2D eigenvalue weighted by Gasteiger charge is -2.04. The van der Waals surface area contributed by atoms with E-state index in [4.69, 9.17) is 4.42 Å². The number of benzene rings is 2.